The van der Waals surface area contributed by atoms with Crippen LogP contribution in [0.5, 0.6) is 0 Å². The molecular weight excluding hydrogens is 437 g/mol. The largest absolute Gasteiger partial charge is 0.336 e. The van der Waals surface area contributed by atoms with Gasteiger partial charge >= 0.3 is 0 Å². The SMILES string of the molecule is Cc1cccc(C(=O)N2CCN(C[C@@H](N)CS)[C@@H](Cc3ccccc3)C2)c1C.Cl.Cl. The highest BCUT2D eigenvalue weighted by Crippen LogP contribution is 2.20. The molecule has 1 amide bonds. The maximum absolute atomic E-state index is 13.2. The quantitative estimate of drug-likeness (QED) is 0.632. The molecule has 7 heteroatoms. The van der Waals surface area contributed by atoms with Crippen molar-refractivity contribution < 1.29 is 4.79 Å². The Bertz CT molecular complexity index is 806. The van der Waals surface area contributed by atoms with Crippen molar-refractivity contribution in [3.05, 3.63) is 70.8 Å². The van der Waals surface area contributed by atoms with Gasteiger partial charge in [0.2, 0.25) is 0 Å². The number of benzene rings is 2. The third-order valence-electron chi connectivity index (χ3n) is 5.74. The van der Waals surface area contributed by atoms with Crippen LogP contribution >= 0.6 is 37.4 Å². The van der Waals surface area contributed by atoms with Crippen molar-refractivity contribution in [2.75, 3.05) is 31.9 Å². The summed E-state index contributed by atoms with van der Waals surface area (Å²) in [5, 5.41) is 0. The summed E-state index contributed by atoms with van der Waals surface area (Å²) >= 11 is 4.35. The summed E-state index contributed by atoms with van der Waals surface area (Å²) in [6, 6.07) is 16.8. The van der Waals surface area contributed by atoms with Crippen LogP contribution in [0.3, 0.4) is 0 Å². The first-order valence-corrected chi connectivity index (χ1v) is 10.6. The second-order valence-corrected chi connectivity index (χ2v) is 8.14. The number of hydrogen-bond donors (Lipinski definition) is 2. The maximum atomic E-state index is 13.2. The fourth-order valence-corrected chi connectivity index (χ4v) is 4.03. The Balaban J connectivity index is 0.00000225. The minimum absolute atomic E-state index is 0. The van der Waals surface area contributed by atoms with E-state index >= 15 is 0 Å². The van der Waals surface area contributed by atoms with E-state index < -0.39 is 0 Å². The van der Waals surface area contributed by atoms with Gasteiger partial charge in [0, 0.05) is 49.6 Å². The number of carbonyl (C=O) groups excluding carboxylic acids is 1. The Hall–Kier alpha value is -1.24. The van der Waals surface area contributed by atoms with Gasteiger partial charge in [-0.1, -0.05) is 42.5 Å². The summed E-state index contributed by atoms with van der Waals surface area (Å²) in [6.45, 7) is 7.20. The predicted octanol–water partition coefficient (Wildman–Crippen LogP) is 3.77. The number of hydrogen-bond acceptors (Lipinski definition) is 4. The average Bonchev–Trinajstić information content (AvgIpc) is 2.71. The van der Waals surface area contributed by atoms with Crippen molar-refractivity contribution in [1.29, 1.82) is 0 Å². The number of nitrogens with two attached hydrogens (primary N) is 1. The lowest BCUT2D eigenvalue weighted by Crippen LogP contribution is -2.58. The summed E-state index contributed by atoms with van der Waals surface area (Å²) in [5.41, 5.74) is 10.5. The topological polar surface area (TPSA) is 49.6 Å². The van der Waals surface area contributed by atoms with Crippen molar-refractivity contribution in [2.45, 2.75) is 32.4 Å². The molecule has 1 saturated heterocycles. The summed E-state index contributed by atoms with van der Waals surface area (Å²) in [5.74, 6) is 0.803. The van der Waals surface area contributed by atoms with Crippen LogP contribution in [0.2, 0.25) is 0 Å². The molecule has 0 bridgehead atoms. The smallest absolute Gasteiger partial charge is 0.254 e. The van der Waals surface area contributed by atoms with Crippen molar-refractivity contribution in [3.8, 4) is 0 Å². The molecule has 4 nitrogen and oxygen atoms in total. The first-order chi connectivity index (χ1) is 13.5. The third kappa shape index (κ3) is 6.63. The van der Waals surface area contributed by atoms with Gasteiger partial charge in [-0.05, 0) is 43.0 Å². The van der Waals surface area contributed by atoms with E-state index in [1.807, 2.05) is 30.0 Å². The molecule has 0 saturated carbocycles. The van der Waals surface area contributed by atoms with E-state index in [9.17, 15) is 4.79 Å². The molecule has 0 aromatic heterocycles. The molecular formula is C23H33Cl2N3OS. The number of thiol groups is 1. The number of piperazine rings is 1. The van der Waals surface area contributed by atoms with E-state index in [0.29, 0.717) is 5.75 Å². The van der Waals surface area contributed by atoms with Crippen LogP contribution in [0, 0.1) is 13.8 Å². The van der Waals surface area contributed by atoms with E-state index in [1.54, 1.807) is 0 Å². The zero-order chi connectivity index (χ0) is 20.1. The van der Waals surface area contributed by atoms with Crippen molar-refractivity contribution in [1.82, 2.24) is 9.80 Å². The molecule has 1 aliphatic heterocycles. The normalized spacial score (nSPS) is 17.6. The highest BCUT2D eigenvalue weighted by atomic mass is 35.5. The Morgan fingerprint density at radius 3 is 2.47 bits per heavy atom. The van der Waals surface area contributed by atoms with E-state index in [-0.39, 0.29) is 42.8 Å². The molecule has 2 aromatic carbocycles. The Kier molecular flexibility index (Phi) is 11.2. The number of aryl methyl sites for hydroxylation is 1. The first kappa shape index (κ1) is 26.8. The molecule has 0 spiro atoms. The molecule has 0 aliphatic carbocycles. The molecule has 166 valence electrons. The van der Waals surface area contributed by atoms with Crippen LogP contribution in [0.15, 0.2) is 48.5 Å². The van der Waals surface area contributed by atoms with Gasteiger partial charge in [0.05, 0.1) is 0 Å². The van der Waals surface area contributed by atoms with Gasteiger partial charge in [-0.2, -0.15) is 12.6 Å². The van der Waals surface area contributed by atoms with Gasteiger partial charge in [-0.15, -0.1) is 24.8 Å². The minimum Gasteiger partial charge on any atom is -0.336 e. The van der Waals surface area contributed by atoms with Gasteiger partial charge in [-0.3, -0.25) is 9.69 Å². The van der Waals surface area contributed by atoms with Crippen molar-refractivity contribution in [3.63, 3.8) is 0 Å². The first-order valence-electron chi connectivity index (χ1n) is 9.99. The van der Waals surface area contributed by atoms with Crippen LogP contribution in [-0.4, -0.2) is 59.7 Å². The van der Waals surface area contributed by atoms with E-state index in [0.717, 1.165) is 49.3 Å². The van der Waals surface area contributed by atoms with E-state index in [4.69, 9.17) is 5.73 Å². The highest BCUT2D eigenvalue weighted by Gasteiger charge is 2.31. The molecule has 1 fully saturated rings. The number of rotatable bonds is 6. The molecule has 0 unspecified atom stereocenters. The molecule has 2 aromatic rings. The van der Waals surface area contributed by atoms with Crippen LogP contribution < -0.4 is 5.73 Å². The van der Waals surface area contributed by atoms with Crippen LogP contribution in [0.4, 0.5) is 0 Å². The molecule has 1 heterocycles. The maximum Gasteiger partial charge on any atom is 0.254 e. The molecule has 1 aliphatic rings. The lowest BCUT2D eigenvalue weighted by Gasteiger charge is -2.42. The zero-order valence-electron chi connectivity index (χ0n) is 17.7. The average molecular weight is 471 g/mol. The molecule has 30 heavy (non-hydrogen) atoms. The molecule has 2 N–H and O–H groups in total. The minimum atomic E-state index is 0. The Morgan fingerprint density at radius 2 is 1.80 bits per heavy atom. The Labute approximate surface area is 198 Å². The highest BCUT2D eigenvalue weighted by molar-refractivity contribution is 7.80. The second kappa shape index (κ2) is 12.6. The molecule has 3 rings (SSSR count). The number of carbonyl (C=O) groups is 1. The van der Waals surface area contributed by atoms with Crippen LogP contribution in [-0.2, 0) is 6.42 Å². The number of amides is 1. The third-order valence-corrected chi connectivity index (χ3v) is 6.21. The second-order valence-electron chi connectivity index (χ2n) is 7.78. The van der Waals surface area contributed by atoms with Gasteiger partial charge in [0.25, 0.3) is 5.91 Å². The number of nitrogens with zero attached hydrogens (tertiary/aromatic N) is 2. The Morgan fingerprint density at radius 1 is 1.10 bits per heavy atom. The molecule has 0 radical (unpaired) electrons. The summed E-state index contributed by atoms with van der Waals surface area (Å²) in [7, 11) is 0. The van der Waals surface area contributed by atoms with Gasteiger partial charge in [-0.25, -0.2) is 0 Å². The van der Waals surface area contributed by atoms with E-state index in [1.165, 1.54) is 5.56 Å². The molecule has 2 atom stereocenters. The lowest BCUT2D eigenvalue weighted by atomic mass is 9.99. The summed E-state index contributed by atoms with van der Waals surface area (Å²) < 4.78 is 0. The zero-order valence-corrected chi connectivity index (χ0v) is 20.2. The number of halogens is 2. The lowest BCUT2D eigenvalue weighted by molar-refractivity contribution is 0.0471. The van der Waals surface area contributed by atoms with Gasteiger partial charge < -0.3 is 10.6 Å². The fraction of sp³-hybridized carbons (Fsp3) is 0.435. The van der Waals surface area contributed by atoms with Gasteiger partial charge in [0.1, 0.15) is 0 Å². The fourth-order valence-electron chi connectivity index (χ4n) is 3.91. The summed E-state index contributed by atoms with van der Waals surface area (Å²) in [4.78, 5) is 17.7. The van der Waals surface area contributed by atoms with Crippen molar-refractivity contribution >= 4 is 43.4 Å². The van der Waals surface area contributed by atoms with Crippen LogP contribution in [0.25, 0.3) is 0 Å². The van der Waals surface area contributed by atoms with Crippen LogP contribution in [0.1, 0.15) is 27.0 Å². The predicted molar refractivity (Wildman–Crippen MR) is 134 cm³/mol. The van der Waals surface area contributed by atoms with E-state index in [2.05, 4.69) is 54.8 Å². The standard InChI is InChI=1S/C23H31N3OS.2ClH/c1-17-7-6-10-22(18(17)2)23(27)26-12-11-25(14-20(24)16-28)21(15-26)13-19-8-4-3-5-9-19;;/h3-10,20-21,28H,11-16,24H2,1-2H3;2*1H/t20-,21+;;/m1../s1. The monoisotopic (exact) mass is 469 g/mol. The summed E-state index contributed by atoms with van der Waals surface area (Å²) in [6.07, 6.45) is 0.913. The van der Waals surface area contributed by atoms with Crippen molar-refractivity contribution in [2.24, 2.45) is 5.73 Å². The van der Waals surface area contributed by atoms with Gasteiger partial charge in [0.15, 0.2) is 0 Å².